The maximum absolute atomic E-state index is 11.1. The Morgan fingerprint density at radius 3 is 2.68 bits per heavy atom. The van der Waals surface area contributed by atoms with Crippen LogP contribution in [0.3, 0.4) is 0 Å². The van der Waals surface area contributed by atoms with Crippen LogP contribution in [0.5, 0.6) is 0 Å². The molecule has 1 heterocycles. The lowest BCUT2D eigenvalue weighted by molar-refractivity contribution is -0.246. The monoisotopic (exact) mass is 276 g/mol. The number of carbonyl (C=O) groups is 1. The number of esters is 1. The molecular formula is C13H24O6. The Labute approximate surface area is 113 Å². The van der Waals surface area contributed by atoms with Gasteiger partial charge in [-0.05, 0) is 26.7 Å². The predicted molar refractivity (Wildman–Crippen MR) is 67.4 cm³/mol. The van der Waals surface area contributed by atoms with Crippen molar-refractivity contribution in [1.29, 1.82) is 0 Å². The van der Waals surface area contributed by atoms with Gasteiger partial charge in [-0.1, -0.05) is 0 Å². The Balaban J connectivity index is 2.42. The number of hydrogen-bond donors (Lipinski definition) is 2. The van der Waals surface area contributed by atoms with E-state index >= 15 is 0 Å². The summed E-state index contributed by atoms with van der Waals surface area (Å²) < 4.78 is 15.7. The molecule has 6 heteroatoms. The second-order valence-electron chi connectivity index (χ2n) is 4.95. The summed E-state index contributed by atoms with van der Waals surface area (Å²) >= 11 is 0. The molecule has 0 saturated carbocycles. The van der Waals surface area contributed by atoms with E-state index in [0.29, 0.717) is 19.3 Å². The Morgan fingerprint density at radius 2 is 2.16 bits per heavy atom. The molecule has 1 aliphatic rings. The predicted octanol–water partition coefficient (Wildman–Crippen LogP) is 0.591. The van der Waals surface area contributed by atoms with Crippen LogP contribution in [0.15, 0.2) is 0 Å². The van der Waals surface area contributed by atoms with Crippen LogP contribution in [-0.2, 0) is 19.0 Å². The first-order chi connectivity index (χ1) is 8.93. The van der Waals surface area contributed by atoms with Gasteiger partial charge in [0, 0.05) is 12.8 Å². The van der Waals surface area contributed by atoms with Gasteiger partial charge < -0.3 is 24.4 Å². The number of aliphatic hydroxyl groups excluding tert-OH is 2. The average molecular weight is 276 g/mol. The largest absolute Gasteiger partial charge is 0.469 e. The molecule has 2 N–H and O–H groups in total. The molecule has 5 atom stereocenters. The number of ether oxygens (including phenoxy) is 3. The van der Waals surface area contributed by atoms with E-state index in [1.807, 2.05) is 0 Å². The van der Waals surface area contributed by atoms with Gasteiger partial charge in [-0.15, -0.1) is 0 Å². The maximum Gasteiger partial charge on any atom is 0.305 e. The van der Waals surface area contributed by atoms with E-state index in [4.69, 9.17) is 9.47 Å². The molecule has 1 aliphatic heterocycles. The lowest BCUT2D eigenvalue weighted by Gasteiger charge is -2.34. The van der Waals surface area contributed by atoms with Crippen molar-refractivity contribution in [3.63, 3.8) is 0 Å². The fourth-order valence-corrected chi connectivity index (χ4v) is 2.02. The fourth-order valence-electron chi connectivity index (χ4n) is 2.02. The first-order valence-corrected chi connectivity index (χ1v) is 6.68. The van der Waals surface area contributed by atoms with E-state index in [0.717, 1.165) is 0 Å². The molecule has 0 spiro atoms. The Morgan fingerprint density at radius 1 is 1.47 bits per heavy atom. The molecule has 112 valence electrons. The molecule has 0 aliphatic carbocycles. The molecule has 1 fully saturated rings. The normalized spacial score (nSPS) is 30.7. The van der Waals surface area contributed by atoms with Crippen LogP contribution < -0.4 is 0 Å². The Kier molecular flexibility index (Phi) is 6.71. The van der Waals surface area contributed by atoms with Gasteiger partial charge in [-0.3, -0.25) is 4.79 Å². The van der Waals surface area contributed by atoms with E-state index in [1.54, 1.807) is 13.8 Å². The van der Waals surface area contributed by atoms with Crippen LogP contribution in [-0.4, -0.2) is 54.0 Å². The minimum atomic E-state index is -0.699. The van der Waals surface area contributed by atoms with Gasteiger partial charge in [-0.25, -0.2) is 0 Å². The van der Waals surface area contributed by atoms with E-state index < -0.39 is 24.6 Å². The molecule has 0 bridgehead atoms. The van der Waals surface area contributed by atoms with Crippen LogP contribution in [0.25, 0.3) is 0 Å². The average Bonchev–Trinajstić information content (AvgIpc) is 2.37. The summed E-state index contributed by atoms with van der Waals surface area (Å²) in [6.45, 7) is 3.40. The van der Waals surface area contributed by atoms with Crippen molar-refractivity contribution in [1.82, 2.24) is 0 Å². The molecule has 5 unspecified atom stereocenters. The van der Waals surface area contributed by atoms with Crippen LogP contribution in [0.1, 0.15) is 39.5 Å². The van der Waals surface area contributed by atoms with Crippen LogP contribution in [0.4, 0.5) is 0 Å². The maximum atomic E-state index is 11.1. The molecule has 0 aromatic heterocycles. The van der Waals surface area contributed by atoms with Gasteiger partial charge in [0.05, 0.1) is 31.5 Å². The lowest BCUT2D eigenvalue weighted by Crippen LogP contribution is -2.41. The third-order valence-corrected chi connectivity index (χ3v) is 3.33. The van der Waals surface area contributed by atoms with Gasteiger partial charge in [0.1, 0.15) is 0 Å². The van der Waals surface area contributed by atoms with Gasteiger partial charge in [0.25, 0.3) is 0 Å². The number of carbonyl (C=O) groups excluding carboxylic acids is 1. The number of rotatable bonds is 6. The highest BCUT2D eigenvalue weighted by molar-refractivity contribution is 5.69. The Hall–Kier alpha value is -0.690. The minimum Gasteiger partial charge on any atom is -0.469 e. The van der Waals surface area contributed by atoms with Gasteiger partial charge in [0.2, 0.25) is 0 Å². The number of aliphatic hydroxyl groups is 2. The van der Waals surface area contributed by atoms with Gasteiger partial charge in [0.15, 0.2) is 6.29 Å². The summed E-state index contributed by atoms with van der Waals surface area (Å²) in [4.78, 5) is 11.1. The van der Waals surface area contributed by atoms with Crippen LogP contribution in [0.2, 0.25) is 0 Å². The molecule has 0 aromatic carbocycles. The zero-order valence-corrected chi connectivity index (χ0v) is 11.7. The zero-order valence-electron chi connectivity index (χ0n) is 11.7. The highest BCUT2D eigenvalue weighted by Gasteiger charge is 2.30. The first-order valence-electron chi connectivity index (χ1n) is 6.68. The van der Waals surface area contributed by atoms with E-state index in [1.165, 1.54) is 7.11 Å². The van der Waals surface area contributed by atoms with Gasteiger partial charge in [-0.2, -0.15) is 0 Å². The third-order valence-electron chi connectivity index (χ3n) is 3.33. The van der Waals surface area contributed by atoms with E-state index in [-0.39, 0.29) is 18.5 Å². The molecule has 0 aromatic rings. The molecule has 1 saturated heterocycles. The van der Waals surface area contributed by atoms with Crippen molar-refractivity contribution in [2.45, 2.75) is 70.2 Å². The summed E-state index contributed by atoms with van der Waals surface area (Å²) in [7, 11) is 1.33. The van der Waals surface area contributed by atoms with Crippen molar-refractivity contribution >= 4 is 5.97 Å². The Bertz CT molecular complexity index is 280. The SMILES string of the molecule is COC(=O)CCC(OC1CCC(O)C(C)O1)C(C)O. The molecular weight excluding hydrogens is 252 g/mol. The summed E-state index contributed by atoms with van der Waals surface area (Å²) in [5, 5.41) is 19.2. The topological polar surface area (TPSA) is 85.2 Å². The molecule has 19 heavy (non-hydrogen) atoms. The van der Waals surface area contributed by atoms with Gasteiger partial charge >= 0.3 is 5.97 Å². The second-order valence-corrected chi connectivity index (χ2v) is 4.95. The third kappa shape index (κ3) is 5.44. The van der Waals surface area contributed by atoms with Crippen LogP contribution >= 0.6 is 0 Å². The minimum absolute atomic E-state index is 0.191. The van der Waals surface area contributed by atoms with Crippen LogP contribution in [0, 0.1) is 0 Å². The van der Waals surface area contributed by atoms with Crippen molar-refractivity contribution in [3.8, 4) is 0 Å². The van der Waals surface area contributed by atoms with E-state index in [9.17, 15) is 15.0 Å². The highest BCUT2D eigenvalue weighted by atomic mass is 16.7. The van der Waals surface area contributed by atoms with Crippen molar-refractivity contribution in [3.05, 3.63) is 0 Å². The van der Waals surface area contributed by atoms with Crippen molar-refractivity contribution in [2.75, 3.05) is 7.11 Å². The lowest BCUT2D eigenvalue weighted by atomic mass is 10.1. The van der Waals surface area contributed by atoms with Crippen molar-refractivity contribution in [2.24, 2.45) is 0 Å². The fraction of sp³-hybridized carbons (Fsp3) is 0.923. The standard InChI is InChI=1S/C13H24O6/c1-8(14)11(5-6-12(16)17-3)19-13-7-4-10(15)9(2)18-13/h8-11,13-15H,4-7H2,1-3H3. The summed E-state index contributed by atoms with van der Waals surface area (Å²) in [5.74, 6) is -0.331. The first kappa shape index (κ1) is 16.4. The molecule has 1 rings (SSSR count). The molecule has 0 amide bonds. The van der Waals surface area contributed by atoms with Crippen molar-refractivity contribution < 1.29 is 29.2 Å². The smallest absolute Gasteiger partial charge is 0.305 e. The number of methoxy groups -OCH3 is 1. The zero-order chi connectivity index (χ0) is 14.4. The molecule has 0 radical (unpaired) electrons. The molecule has 6 nitrogen and oxygen atoms in total. The van der Waals surface area contributed by atoms with E-state index in [2.05, 4.69) is 4.74 Å². The summed E-state index contributed by atoms with van der Waals surface area (Å²) in [5.41, 5.74) is 0. The number of hydrogen-bond acceptors (Lipinski definition) is 6. The second kappa shape index (κ2) is 7.79. The highest BCUT2D eigenvalue weighted by Crippen LogP contribution is 2.23. The summed E-state index contributed by atoms with van der Waals surface area (Å²) in [6, 6.07) is 0. The summed E-state index contributed by atoms with van der Waals surface area (Å²) in [6.07, 6.45) is -0.632. The quantitative estimate of drug-likeness (QED) is 0.691.